The van der Waals surface area contributed by atoms with Crippen molar-refractivity contribution >= 4 is 22.4 Å². The largest absolute Gasteiger partial charge is 0.325 e. The van der Waals surface area contributed by atoms with Crippen LogP contribution in [0.25, 0.3) is 0 Å². The summed E-state index contributed by atoms with van der Waals surface area (Å²) in [5, 5.41) is 2.10. The van der Waals surface area contributed by atoms with Gasteiger partial charge in [0.25, 0.3) is 0 Å². The van der Waals surface area contributed by atoms with Crippen molar-refractivity contribution in [1.29, 1.82) is 0 Å². The monoisotopic (exact) mass is 361 g/mol. The van der Waals surface area contributed by atoms with E-state index < -0.39 is 16.0 Å². The first-order valence-electron chi connectivity index (χ1n) is 8.20. The van der Waals surface area contributed by atoms with Crippen LogP contribution in [0.5, 0.6) is 0 Å². The minimum absolute atomic E-state index is 0.0439. The Morgan fingerprint density at radius 1 is 1.16 bits per heavy atom. The molecule has 25 heavy (non-hydrogen) atoms. The van der Waals surface area contributed by atoms with Gasteiger partial charge in [0, 0.05) is 22.2 Å². The second kappa shape index (κ2) is 7.91. The summed E-state index contributed by atoms with van der Waals surface area (Å²) in [6.07, 6.45) is 0. The molecule has 2 unspecified atom stereocenters. The zero-order valence-corrected chi connectivity index (χ0v) is 15.8. The highest BCUT2D eigenvalue weighted by atomic mass is 32.2. The average molecular weight is 361 g/mol. The molecule has 0 aliphatic rings. The van der Waals surface area contributed by atoms with Crippen LogP contribution in [0, 0.1) is 5.82 Å². The van der Waals surface area contributed by atoms with Crippen molar-refractivity contribution in [2.24, 2.45) is 0 Å². The van der Waals surface area contributed by atoms with E-state index in [-0.39, 0.29) is 22.9 Å². The molecule has 5 heteroatoms. The van der Waals surface area contributed by atoms with Gasteiger partial charge in [-0.1, -0.05) is 45.0 Å². The molecule has 1 N–H and O–H groups in total. The molecule has 0 spiro atoms. The molecular formula is C20H24FNO2S. The first-order chi connectivity index (χ1) is 11.7. The number of hydrogen-bond acceptors (Lipinski definition) is 2. The molecule has 0 saturated carbocycles. The molecular weight excluding hydrogens is 337 g/mol. The van der Waals surface area contributed by atoms with Crippen LogP contribution in [0.1, 0.15) is 38.8 Å². The highest BCUT2D eigenvalue weighted by molar-refractivity contribution is 7.85. The third kappa shape index (κ3) is 5.49. The predicted octanol–water partition coefficient (Wildman–Crippen LogP) is 4.40. The van der Waals surface area contributed by atoms with Crippen molar-refractivity contribution in [2.45, 2.75) is 44.1 Å². The second-order valence-corrected chi connectivity index (χ2v) is 8.87. The number of rotatable bonds is 5. The molecule has 3 nitrogen and oxygen atoms in total. The summed E-state index contributed by atoms with van der Waals surface area (Å²) in [4.78, 5) is 12.3. The molecule has 0 aromatic heterocycles. The molecule has 0 bridgehead atoms. The summed E-state index contributed by atoms with van der Waals surface area (Å²) in [5.74, 6) is -0.529. The third-order valence-corrected chi connectivity index (χ3v) is 5.60. The van der Waals surface area contributed by atoms with Crippen LogP contribution in [0.15, 0.2) is 48.5 Å². The maximum atomic E-state index is 13.2. The number of carbonyl (C=O) groups is 1. The van der Waals surface area contributed by atoms with Gasteiger partial charge in [0.15, 0.2) is 0 Å². The molecule has 2 aromatic carbocycles. The van der Waals surface area contributed by atoms with E-state index in [9.17, 15) is 13.4 Å². The van der Waals surface area contributed by atoms with E-state index in [1.807, 2.05) is 24.3 Å². The molecule has 0 saturated heterocycles. The van der Waals surface area contributed by atoms with E-state index >= 15 is 0 Å². The highest BCUT2D eigenvalue weighted by Gasteiger charge is 2.21. The van der Waals surface area contributed by atoms with Crippen molar-refractivity contribution in [3.05, 3.63) is 65.5 Å². The van der Waals surface area contributed by atoms with E-state index in [1.54, 1.807) is 19.1 Å². The first kappa shape index (κ1) is 19.3. The lowest BCUT2D eigenvalue weighted by Gasteiger charge is -2.19. The normalized spacial score (nSPS) is 14.0. The van der Waals surface area contributed by atoms with Gasteiger partial charge in [-0.25, -0.2) is 4.39 Å². The van der Waals surface area contributed by atoms with E-state index in [0.717, 1.165) is 0 Å². The summed E-state index contributed by atoms with van der Waals surface area (Å²) in [6, 6.07) is 13.6. The Hall–Kier alpha value is -2.01. The SMILES string of the molecule is CC(C(=O)Nc1ccc(C(C)(C)C)cc1)S(=O)Cc1cccc(F)c1. The van der Waals surface area contributed by atoms with E-state index in [4.69, 9.17) is 0 Å². The summed E-state index contributed by atoms with van der Waals surface area (Å²) in [6.45, 7) is 7.99. The van der Waals surface area contributed by atoms with E-state index in [2.05, 4.69) is 26.1 Å². The summed E-state index contributed by atoms with van der Waals surface area (Å²) < 4.78 is 25.6. The van der Waals surface area contributed by atoms with Crippen LogP contribution in [0.4, 0.5) is 10.1 Å². The van der Waals surface area contributed by atoms with E-state index in [1.165, 1.54) is 17.7 Å². The Bertz CT molecular complexity index is 766. The van der Waals surface area contributed by atoms with Crippen molar-refractivity contribution in [3.63, 3.8) is 0 Å². The smallest absolute Gasteiger partial charge is 0.239 e. The van der Waals surface area contributed by atoms with Gasteiger partial charge >= 0.3 is 0 Å². The van der Waals surface area contributed by atoms with Crippen LogP contribution in [-0.4, -0.2) is 15.4 Å². The zero-order valence-electron chi connectivity index (χ0n) is 15.0. The number of hydrogen-bond donors (Lipinski definition) is 1. The van der Waals surface area contributed by atoms with E-state index in [0.29, 0.717) is 11.3 Å². The fraction of sp³-hybridized carbons (Fsp3) is 0.350. The Labute approximate surface area is 151 Å². The first-order valence-corrected chi connectivity index (χ1v) is 9.58. The van der Waals surface area contributed by atoms with Crippen LogP contribution in [-0.2, 0) is 26.8 Å². The maximum absolute atomic E-state index is 13.2. The molecule has 134 valence electrons. The molecule has 2 rings (SSSR count). The van der Waals surface area contributed by atoms with Gasteiger partial charge in [0.05, 0.1) is 0 Å². The van der Waals surface area contributed by atoms with Crippen molar-refractivity contribution in [1.82, 2.24) is 0 Å². The molecule has 0 heterocycles. The van der Waals surface area contributed by atoms with Crippen LogP contribution in [0.2, 0.25) is 0 Å². The molecule has 1 amide bonds. The summed E-state index contributed by atoms with van der Waals surface area (Å²) in [7, 11) is -1.42. The summed E-state index contributed by atoms with van der Waals surface area (Å²) >= 11 is 0. The molecule has 2 atom stereocenters. The maximum Gasteiger partial charge on any atom is 0.239 e. The van der Waals surface area contributed by atoms with Gasteiger partial charge in [-0.2, -0.15) is 0 Å². The lowest BCUT2D eigenvalue weighted by atomic mass is 9.87. The Morgan fingerprint density at radius 2 is 1.80 bits per heavy atom. The van der Waals surface area contributed by atoms with Crippen molar-refractivity contribution in [3.8, 4) is 0 Å². The van der Waals surface area contributed by atoms with Crippen LogP contribution in [0.3, 0.4) is 0 Å². The van der Waals surface area contributed by atoms with Crippen LogP contribution < -0.4 is 5.32 Å². The molecule has 2 aromatic rings. The van der Waals surface area contributed by atoms with Crippen molar-refractivity contribution in [2.75, 3.05) is 5.32 Å². The fourth-order valence-corrected chi connectivity index (χ4v) is 3.39. The minimum atomic E-state index is -1.42. The van der Waals surface area contributed by atoms with Gasteiger partial charge < -0.3 is 5.32 Å². The standard InChI is InChI=1S/C20H24FNO2S/c1-14(25(24)13-15-6-5-7-17(21)12-15)19(23)22-18-10-8-16(9-11-18)20(2,3)4/h5-12,14H,13H2,1-4H3,(H,22,23). The Balaban J connectivity index is 1.98. The lowest BCUT2D eigenvalue weighted by molar-refractivity contribution is -0.115. The number of anilines is 1. The fourth-order valence-electron chi connectivity index (χ4n) is 2.33. The Morgan fingerprint density at radius 3 is 2.36 bits per heavy atom. The second-order valence-electron chi connectivity index (χ2n) is 7.11. The predicted molar refractivity (Wildman–Crippen MR) is 101 cm³/mol. The molecule has 0 fully saturated rings. The van der Waals surface area contributed by atoms with Gasteiger partial charge in [-0.05, 0) is 47.7 Å². The number of amides is 1. The van der Waals surface area contributed by atoms with Gasteiger partial charge in [0.2, 0.25) is 5.91 Å². The number of carbonyl (C=O) groups excluding carboxylic acids is 1. The van der Waals surface area contributed by atoms with Crippen molar-refractivity contribution < 1.29 is 13.4 Å². The molecule has 0 aliphatic heterocycles. The zero-order chi connectivity index (χ0) is 18.6. The number of halogens is 1. The average Bonchev–Trinajstić information content (AvgIpc) is 2.53. The topological polar surface area (TPSA) is 46.2 Å². The number of benzene rings is 2. The Kier molecular flexibility index (Phi) is 6.11. The highest BCUT2D eigenvalue weighted by Crippen LogP contribution is 2.23. The van der Waals surface area contributed by atoms with Gasteiger partial charge in [0.1, 0.15) is 11.1 Å². The minimum Gasteiger partial charge on any atom is -0.325 e. The van der Waals surface area contributed by atoms with Gasteiger partial charge in [-0.3, -0.25) is 9.00 Å². The number of nitrogens with one attached hydrogen (secondary N) is 1. The lowest BCUT2D eigenvalue weighted by Crippen LogP contribution is -2.29. The molecule has 0 radical (unpaired) electrons. The molecule has 0 aliphatic carbocycles. The third-order valence-electron chi connectivity index (χ3n) is 3.98. The quantitative estimate of drug-likeness (QED) is 0.858. The summed E-state index contributed by atoms with van der Waals surface area (Å²) in [5.41, 5.74) is 2.51. The van der Waals surface area contributed by atoms with Gasteiger partial charge in [-0.15, -0.1) is 0 Å². The van der Waals surface area contributed by atoms with Crippen LogP contribution >= 0.6 is 0 Å².